The second kappa shape index (κ2) is 72.7. The number of hydrogen-bond donors (Lipinski definition) is 26. The zero-order valence-corrected chi connectivity index (χ0v) is 88.3. The Morgan fingerprint density at radius 3 is 0.848 bits per heavy atom. The number of benzene rings is 1. The van der Waals surface area contributed by atoms with Gasteiger partial charge < -0.3 is 141 Å². The number of primary amides is 1. The lowest BCUT2D eigenvalue weighted by molar-refractivity contribution is -0.136. The first-order valence-electron chi connectivity index (χ1n) is 52.4. The minimum Gasteiger partial charge on any atom is -0.368 e. The number of nitrogens with two attached hydrogens (primary N) is 7. The van der Waals surface area contributed by atoms with Crippen LogP contribution < -0.4 is 136 Å². The van der Waals surface area contributed by atoms with Crippen LogP contribution in [-0.2, 0) is 97.5 Å². The van der Waals surface area contributed by atoms with Crippen LogP contribution in [0.15, 0.2) is 30.5 Å². The normalized spacial score (nSPS) is 15.4. The van der Waals surface area contributed by atoms with Gasteiger partial charge in [0.25, 0.3) is 0 Å². The largest absolute Gasteiger partial charge is 0.368 e. The van der Waals surface area contributed by atoms with Crippen LogP contribution in [0, 0.1) is 29.6 Å². The second-order valence-corrected chi connectivity index (χ2v) is 38.2. The maximum Gasteiger partial charge on any atom is 0.243 e. The van der Waals surface area contributed by atoms with Crippen LogP contribution in [0.3, 0.4) is 0 Å². The van der Waals surface area contributed by atoms with Crippen LogP contribution in [0.25, 0.3) is 10.9 Å². The molecule has 0 saturated heterocycles. The Balaban J connectivity index is 2.36. The fraction of sp³-hybridized carbons (Fsp3) is 0.730. The van der Waals surface area contributed by atoms with E-state index in [1.807, 2.05) is 19.9 Å². The van der Waals surface area contributed by atoms with Crippen molar-refractivity contribution in [3.63, 3.8) is 0 Å². The van der Waals surface area contributed by atoms with Gasteiger partial charge in [-0.2, -0.15) is 0 Å². The van der Waals surface area contributed by atoms with Gasteiger partial charge in [0.1, 0.15) is 90.6 Å². The number of hydrogen-bond acceptors (Lipinski definition) is 25. The number of rotatable bonds is 78. The highest BCUT2D eigenvalue weighted by Crippen LogP contribution is 2.23. The van der Waals surface area contributed by atoms with E-state index in [1.165, 1.54) is 20.8 Å². The monoisotopic (exact) mass is 2050 g/mol. The van der Waals surface area contributed by atoms with Gasteiger partial charge in [0, 0.05) is 29.9 Å². The van der Waals surface area contributed by atoms with Gasteiger partial charge >= 0.3 is 0 Å². The predicted molar refractivity (Wildman–Crippen MR) is 554 cm³/mol. The number of aromatic amines is 1. The van der Waals surface area contributed by atoms with E-state index in [-0.39, 0.29) is 89.4 Å². The molecule has 19 amide bonds. The van der Waals surface area contributed by atoms with Gasteiger partial charge in [0.15, 0.2) is 0 Å². The number of amides is 19. The SMILES string of the molecule is CCCCCCCC(=O)N[C@@H](CCCCN)C(=O)N[C@H](C(=O)NCC(=O)N[C@@H](C)C(=O)N[C@@H](CCCCN)C(=O)N[C@H](C(=O)N[C@@H](CCCCN)C(=O)N[C@H](C(=O)NCC(=O)N[C@@H](C)C(=O)N[C@@H](CCCCN)C(=O)N[C@H](C(=O)N[C@@H](CCCCN)C(=O)N[C@@H](Cc1c[nH]c2ccccc12)C(=O)NCC(=O)N[C@@H](C)C(=O)N[C@@H](CCCCN)C(=O)N[C@H](C(N)=O)[C@@H](C)CC)[C@@H](C)CC)[C@@H](C)CC)[C@@H](C)CC)[C@@H](C)CC. The fourth-order valence-electron chi connectivity index (χ4n) is 15.9. The molecule has 0 spiro atoms. The van der Waals surface area contributed by atoms with E-state index in [0.717, 1.165) is 25.7 Å². The lowest BCUT2D eigenvalue weighted by atomic mass is 9.96. The number of aromatic nitrogens is 1. The van der Waals surface area contributed by atoms with Crippen LogP contribution in [0.5, 0.6) is 0 Å². The maximum atomic E-state index is 14.8. The topological polar surface area (TPSA) is 739 Å². The Labute approximate surface area is 855 Å². The smallest absolute Gasteiger partial charge is 0.243 e. The zero-order chi connectivity index (χ0) is 109. The molecule has 0 aliphatic carbocycles. The quantitative estimate of drug-likeness (QED) is 0.0362. The highest BCUT2D eigenvalue weighted by Gasteiger charge is 2.40. The van der Waals surface area contributed by atoms with Crippen LogP contribution in [-0.4, -0.2) is 267 Å². The molecule has 145 heavy (non-hydrogen) atoms. The Kier molecular flexibility index (Phi) is 64.9. The van der Waals surface area contributed by atoms with Gasteiger partial charge in [0.2, 0.25) is 112 Å². The van der Waals surface area contributed by atoms with Crippen molar-refractivity contribution in [2.24, 2.45) is 69.7 Å². The van der Waals surface area contributed by atoms with Gasteiger partial charge in [-0.15, -0.1) is 0 Å². The third-order valence-electron chi connectivity index (χ3n) is 26.3. The summed E-state index contributed by atoms with van der Waals surface area (Å²) in [5.41, 5.74) is 41.9. The molecule has 0 saturated carbocycles. The van der Waals surface area contributed by atoms with E-state index < -0.39 is 240 Å². The molecule has 0 unspecified atom stereocenters. The highest BCUT2D eigenvalue weighted by molar-refractivity contribution is 6.01. The molecule has 0 radical (unpaired) electrons. The summed E-state index contributed by atoms with van der Waals surface area (Å²) in [6.45, 7) is 23.2. The van der Waals surface area contributed by atoms with E-state index in [2.05, 4.69) is 108 Å². The fourth-order valence-corrected chi connectivity index (χ4v) is 15.9. The molecule has 1 aromatic heterocycles. The average molecular weight is 2050 g/mol. The van der Waals surface area contributed by atoms with Gasteiger partial charge in [-0.25, -0.2) is 0 Å². The van der Waals surface area contributed by atoms with Crippen molar-refractivity contribution >= 4 is 123 Å². The molecule has 0 aliphatic rings. The van der Waals surface area contributed by atoms with E-state index >= 15 is 0 Å². The molecule has 0 fully saturated rings. The van der Waals surface area contributed by atoms with Crippen molar-refractivity contribution in [2.75, 3.05) is 58.9 Å². The lowest BCUT2D eigenvalue weighted by Crippen LogP contribution is -2.61. The molecule has 2 rings (SSSR count). The Morgan fingerprint density at radius 1 is 0.269 bits per heavy atom. The van der Waals surface area contributed by atoms with E-state index in [9.17, 15) is 91.1 Å². The number of para-hydroxylation sites is 1. The summed E-state index contributed by atoms with van der Waals surface area (Å²) in [4.78, 5) is 269. The number of carbonyl (C=O) groups is 19. The molecule has 20 atom stereocenters. The molecule has 45 nitrogen and oxygen atoms in total. The maximum absolute atomic E-state index is 14.8. The zero-order valence-electron chi connectivity index (χ0n) is 88.3. The minimum atomic E-state index is -1.41. The first-order valence-corrected chi connectivity index (χ1v) is 52.4. The lowest BCUT2D eigenvalue weighted by Gasteiger charge is -2.30. The number of nitrogens with one attached hydrogen (secondary N) is 19. The summed E-state index contributed by atoms with van der Waals surface area (Å²) in [6.07, 6.45) is 13.8. The molecule has 1 heterocycles. The first kappa shape index (κ1) is 130. The van der Waals surface area contributed by atoms with E-state index in [4.69, 9.17) is 40.1 Å². The van der Waals surface area contributed by atoms with Gasteiger partial charge in [0.05, 0.1) is 19.6 Å². The van der Waals surface area contributed by atoms with Crippen molar-refractivity contribution in [2.45, 2.75) is 380 Å². The minimum absolute atomic E-state index is 0.00260. The van der Waals surface area contributed by atoms with E-state index in [0.29, 0.717) is 145 Å². The Morgan fingerprint density at radius 2 is 0.538 bits per heavy atom. The summed E-state index contributed by atoms with van der Waals surface area (Å²) in [5, 5.41) is 48.8. The molecular formula is C100H178N26O19. The van der Waals surface area contributed by atoms with Crippen LogP contribution in [0.4, 0.5) is 0 Å². The standard InChI is InChI=1S/C100H178N26O19/c1-15-21-22-23-24-47-77(127)115-70(41-27-33-48-101)92(137)123-82(60(8)17-3)97(142)110-57-79(129)113-65(13)89(134)118-74(45-31-37-52-105)95(140)126-85(63(11)20-6)100(145)120-75(46-32-38-53-106)96(141)124-83(61(9)18-4)98(143)111-58-80(130)114-66(14)88(133)117-73(44-30-36-51-104)94(139)125-84(62(10)19-5)99(144)119-71(42-28-34-49-102)91(136)121-76(54-67-55-108-69-40-26-25-39-68(67)69)90(135)109-56-78(128)112-64(12)87(132)116-72(43-29-35-50-103)93(138)122-81(86(107)131)59(7)16-2/h25-26,39-40,55,59-66,70-76,81-85,108H,15-24,27-38,41-54,56-58,101-106H2,1-14H3,(H2,107,131)(H,109,135)(H,110,142)(H,111,143)(H,112,128)(H,113,129)(H,114,130)(H,115,127)(H,116,132)(H,117,133)(H,118,134)(H,119,144)(H,120,145)(H,121,136)(H,122,138)(H,123,137)(H,124,141)(H,125,139)(H,126,140)/t59-,60-,61-,62-,63-,64-,65-,66-,70-,71-,72-,73-,74-,75-,76-,81-,82-,83-,84-,85-/m0/s1. The third kappa shape index (κ3) is 49.0. The van der Waals surface area contributed by atoms with Gasteiger partial charge in [-0.3, -0.25) is 91.1 Å². The molecule has 0 aliphatic heterocycles. The summed E-state index contributed by atoms with van der Waals surface area (Å²) < 4.78 is 0. The number of fused-ring (bicyclic) bond motifs is 1. The number of H-pyrrole nitrogens is 1. The van der Waals surface area contributed by atoms with Crippen LogP contribution in [0.1, 0.15) is 289 Å². The van der Waals surface area contributed by atoms with Crippen molar-refractivity contribution in [1.82, 2.24) is 101 Å². The van der Waals surface area contributed by atoms with Gasteiger partial charge in [-0.1, -0.05) is 152 Å². The van der Waals surface area contributed by atoms with Crippen molar-refractivity contribution in [3.05, 3.63) is 36.0 Å². The first-order chi connectivity index (χ1) is 69.0. The van der Waals surface area contributed by atoms with Crippen LogP contribution >= 0.6 is 0 Å². The molecule has 1 aromatic carbocycles. The average Bonchev–Trinajstić information content (AvgIpc) is 1.69. The second-order valence-electron chi connectivity index (χ2n) is 38.2. The molecule has 822 valence electrons. The molecule has 45 heteroatoms. The van der Waals surface area contributed by atoms with Crippen molar-refractivity contribution < 1.29 is 91.1 Å². The van der Waals surface area contributed by atoms with Gasteiger partial charge in [-0.05, 0) is 223 Å². The highest BCUT2D eigenvalue weighted by atomic mass is 16.2. The Hall–Kier alpha value is -11.6. The van der Waals surface area contributed by atoms with Crippen molar-refractivity contribution in [1.29, 1.82) is 0 Å². The molecule has 0 bridgehead atoms. The Bertz CT molecular complexity index is 4370. The summed E-state index contributed by atoms with van der Waals surface area (Å²) in [7, 11) is 0. The summed E-state index contributed by atoms with van der Waals surface area (Å²) in [6, 6.07) is -11.6. The number of carbonyl (C=O) groups excluding carboxylic acids is 19. The van der Waals surface area contributed by atoms with E-state index in [1.54, 1.807) is 79.8 Å². The predicted octanol–water partition coefficient (Wildman–Crippen LogP) is -0.759. The third-order valence-corrected chi connectivity index (χ3v) is 26.3. The van der Waals surface area contributed by atoms with Crippen molar-refractivity contribution in [3.8, 4) is 0 Å². The summed E-state index contributed by atoms with van der Waals surface area (Å²) in [5.74, 6) is -16.8. The molecular weight excluding hydrogens is 1870 g/mol. The molecule has 33 N–H and O–H groups in total. The number of unbranched alkanes of at least 4 members (excludes halogenated alkanes) is 10. The summed E-state index contributed by atoms with van der Waals surface area (Å²) >= 11 is 0. The van der Waals surface area contributed by atoms with Crippen LogP contribution in [0.2, 0.25) is 0 Å². The molecule has 2 aromatic rings.